The molecule has 0 amide bonds. The molecule has 2 aliphatic heterocycles. The number of piperidine rings is 2. The zero-order valence-electron chi connectivity index (χ0n) is 23.0. The fourth-order valence-electron chi connectivity index (χ4n) is 5.66. The lowest BCUT2D eigenvalue weighted by Gasteiger charge is -2.41. The molecule has 6 rings (SSSR count). The summed E-state index contributed by atoms with van der Waals surface area (Å²) in [6.45, 7) is 3.11. The summed E-state index contributed by atoms with van der Waals surface area (Å²) in [5.41, 5.74) is -0.00794. The van der Waals surface area contributed by atoms with Gasteiger partial charge in [0.15, 0.2) is 17.4 Å². The van der Waals surface area contributed by atoms with E-state index in [4.69, 9.17) is 4.74 Å². The SMILES string of the molecule is O=S(=O)(Cc1ccccc1)Nc1c(F)cc(Oc2ncccc2-c2ccnc(NC3CC4CCCN(C4)C3)n2)c(F)c1F. The molecule has 13 heteroatoms. The van der Waals surface area contributed by atoms with Gasteiger partial charge in [-0.1, -0.05) is 30.3 Å². The molecule has 3 unspecified atom stereocenters. The number of rotatable bonds is 9. The third-order valence-corrected chi connectivity index (χ3v) is 8.75. The maximum Gasteiger partial charge on any atom is 0.237 e. The molecule has 4 heterocycles. The lowest BCUT2D eigenvalue weighted by atomic mass is 9.87. The number of anilines is 2. The van der Waals surface area contributed by atoms with Crippen molar-refractivity contribution in [3.05, 3.63) is 90.0 Å². The van der Waals surface area contributed by atoms with Gasteiger partial charge in [-0.05, 0) is 55.5 Å². The summed E-state index contributed by atoms with van der Waals surface area (Å²) in [5, 5.41) is 3.41. The standard InChI is InChI=1S/C30H29F3N6O3S/c31-23-15-25(26(32)27(33)28(23)38-43(40,41)18-19-6-2-1-3-7-19)42-29-22(9-4-11-34-29)24-10-12-35-30(37-24)36-21-14-20-8-5-13-39(16-20)17-21/h1-4,6-7,9-12,15,20-21,38H,5,8,13-14,16-18H2,(H,35,36,37). The van der Waals surface area contributed by atoms with E-state index in [0.29, 0.717) is 34.8 Å². The average Bonchev–Trinajstić information content (AvgIpc) is 2.98. The molecular formula is C30H29F3N6O3S. The Morgan fingerprint density at radius 2 is 1.81 bits per heavy atom. The van der Waals surface area contributed by atoms with E-state index < -0.39 is 44.7 Å². The molecular weight excluding hydrogens is 581 g/mol. The van der Waals surface area contributed by atoms with Gasteiger partial charge in [-0.15, -0.1) is 0 Å². The van der Waals surface area contributed by atoms with E-state index in [-0.39, 0.29) is 11.9 Å². The molecule has 2 bridgehead atoms. The maximum absolute atomic E-state index is 15.1. The first kappa shape index (κ1) is 28.9. The van der Waals surface area contributed by atoms with E-state index in [9.17, 15) is 12.8 Å². The van der Waals surface area contributed by atoms with Gasteiger partial charge in [0, 0.05) is 37.6 Å². The molecule has 2 aromatic heterocycles. The predicted molar refractivity (Wildman–Crippen MR) is 156 cm³/mol. The van der Waals surface area contributed by atoms with Gasteiger partial charge < -0.3 is 15.0 Å². The summed E-state index contributed by atoms with van der Waals surface area (Å²) in [6.07, 6.45) is 6.41. The topological polar surface area (TPSA) is 109 Å². The molecule has 0 spiro atoms. The number of halogens is 3. The first-order chi connectivity index (χ1) is 20.7. The quantitative estimate of drug-likeness (QED) is 0.236. The van der Waals surface area contributed by atoms with Gasteiger partial charge in [0.05, 0.1) is 17.0 Å². The van der Waals surface area contributed by atoms with Crippen molar-refractivity contribution >= 4 is 21.7 Å². The molecule has 2 fully saturated rings. The molecule has 0 aliphatic carbocycles. The Balaban J connectivity index is 1.22. The summed E-state index contributed by atoms with van der Waals surface area (Å²) >= 11 is 0. The highest BCUT2D eigenvalue weighted by Crippen LogP contribution is 2.36. The van der Waals surface area contributed by atoms with Crippen molar-refractivity contribution in [2.75, 3.05) is 29.7 Å². The van der Waals surface area contributed by atoms with Crippen molar-refractivity contribution in [3.63, 3.8) is 0 Å². The van der Waals surface area contributed by atoms with Crippen molar-refractivity contribution in [3.8, 4) is 22.9 Å². The minimum Gasteiger partial charge on any atom is -0.435 e. The Morgan fingerprint density at radius 3 is 2.63 bits per heavy atom. The Labute approximate surface area is 247 Å². The minimum absolute atomic E-state index is 0.152. The van der Waals surface area contributed by atoms with Gasteiger partial charge >= 0.3 is 0 Å². The molecule has 2 aliphatic rings. The number of fused-ring (bicyclic) bond motifs is 2. The van der Waals surface area contributed by atoms with Gasteiger partial charge in [-0.25, -0.2) is 32.2 Å². The second kappa shape index (κ2) is 12.2. The van der Waals surface area contributed by atoms with Crippen molar-refractivity contribution in [2.45, 2.75) is 31.1 Å². The molecule has 3 atom stereocenters. The van der Waals surface area contributed by atoms with E-state index in [1.54, 1.807) is 54.7 Å². The Hall–Kier alpha value is -4.23. The van der Waals surface area contributed by atoms with Crippen LogP contribution in [0.4, 0.5) is 24.8 Å². The highest BCUT2D eigenvalue weighted by molar-refractivity contribution is 7.91. The number of ether oxygens (including phenoxy) is 1. The summed E-state index contributed by atoms with van der Waals surface area (Å²) < 4.78 is 77.5. The second-order valence-electron chi connectivity index (χ2n) is 10.8. The molecule has 0 saturated carbocycles. The van der Waals surface area contributed by atoms with Crippen molar-refractivity contribution in [2.24, 2.45) is 5.92 Å². The van der Waals surface area contributed by atoms with Crippen LogP contribution in [0.1, 0.15) is 24.8 Å². The molecule has 9 nitrogen and oxygen atoms in total. The number of nitrogens with one attached hydrogen (secondary N) is 2. The zero-order valence-corrected chi connectivity index (χ0v) is 23.8. The zero-order chi connectivity index (χ0) is 30.0. The van der Waals surface area contributed by atoms with Gasteiger partial charge in [-0.3, -0.25) is 4.72 Å². The van der Waals surface area contributed by atoms with Crippen molar-refractivity contribution < 1.29 is 26.3 Å². The fraction of sp³-hybridized carbons (Fsp3) is 0.300. The number of aromatic nitrogens is 3. The van der Waals surface area contributed by atoms with E-state index in [0.717, 1.165) is 26.1 Å². The average molecular weight is 611 g/mol. The van der Waals surface area contributed by atoms with E-state index in [1.807, 2.05) is 4.72 Å². The summed E-state index contributed by atoms with van der Waals surface area (Å²) in [7, 11) is -4.26. The van der Waals surface area contributed by atoms with Gasteiger partial charge in [-0.2, -0.15) is 4.39 Å². The van der Waals surface area contributed by atoms with Gasteiger partial charge in [0.1, 0.15) is 5.69 Å². The molecule has 2 aromatic carbocycles. The summed E-state index contributed by atoms with van der Waals surface area (Å²) in [4.78, 5) is 15.5. The predicted octanol–water partition coefficient (Wildman–Crippen LogP) is 5.59. The third kappa shape index (κ3) is 6.73. The van der Waals surface area contributed by atoms with E-state index >= 15 is 8.78 Å². The number of hydrogen-bond acceptors (Lipinski definition) is 8. The van der Waals surface area contributed by atoms with Crippen LogP contribution in [0.3, 0.4) is 0 Å². The van der Waals surface area contributed by atoms with Crippen LogP contribution in [0.2, 0.25) is 0 Å². The van der Waals surface area contributed by atoms with E-state index in [1.165, 1.54) is 19.0 Å². The van der Waals surface area contributed by atoms with Crippen LogP contribution in [0.15, 0.2) is 67.0 Å². The third-order valence-electron chi connectivity index (χ3n) is 7.52. The summed E-state index contributed by atoms with van der Waals surface area (Å²) in [6, 6.07) is 13.7. The van der Waals surface area contributed by atoms with E-state index in [2.05, 4.69) is 25.2 Å². The van der Waals surface area contributed by atoms with Crippen LogP contribution in [-0.2, 0) is 15.8 Å². The van der Waals surface area contributed by atoms with Crippen molar-refractivity contribution in [1.82, 2.24) is 19.9 Å². The number of sulfonamides is 1. The van der Waals surface area contributed by atoms with Crippen LogP contribution >= 0.6 is 0 Å². The minimum atomic E-state index is -4.26. The smallest absolute Gasteiger partial charge is 0.237 e. The van der Waals surface area contributed by atoms with Crippen LogP contribution in [0.5, 0.6) is 11.6 Å². The van der Waals surface area contributed by atoms with Crippen LogP contribution in [0, 0.1) is 23.4 Å². The van der Waals surface area contributed by atoms with Gasteiger partial charge in [0.2, 0.25) is 27.7 Å². The number of hydrogen-bond donors (Lipinski definition) is 2. The maximum atomic E-state index is 15.1. The number of benzene rings is 2. The highest BCUT2D eigenvalue weighted by Gasteiger charge is 2.30. The first-order valence-electron chi connectivity index (χ1n) is 13.9. The lowest BCUT2D eigenvalue weighted by Crippen LogP contribution is -2.49. The fourth-order valence-corrected chi connectivity index (χ4v) is 6.86. The van der Waals surface area contributed by atoms with Crippen LogP contribution < -0.4 is 14.8 Å². The second-order valence-corrected chi connectivity index (χ2v) is 12.5. The van der Waals surface area contributed by atoms with Crippen LogP contribution in [0.25, 0.3) is 11.3 Å². The van der Waals surface area contributed by atoms with Gasteiger partial charge in [0.25, 0.3) is 0 Å². The summed E-state index contributed by atoms with van der Waals surface area (Å²) in [5.74, 6) is -5.15. The Morgan fingerprint density at radius 1 is 0.977 bits per heavy atom. The number of nitrogens with zero attached hydrogens (tertiary/aromatic N) is 4. The Kier molecular flexibility index (Phi) is 8.17. The molecule has 0 radical (unpaired) electrons. The lowest BCUT2D eigenvalue weighted by molar-refractivity contribution is 0.115. The molecule has 2 saturated heterocycles. The van der Waals surface area contributed by atoms with Crippen molar-refractivity contribution in [1.29, 1.82) is 0 Å². The first-order valence-corrected chi connectivity index (χ1v) is 15.6. The normalized spacial score (nSPS) is 19.9. The molecule has 224 valence electrons. The number of pyridine rings is 1. The molecule has 43 heavy (non-hydrogen) atoms. The molecule has 4 aromatic rings. The van der Waals surface area contributed by atoms with Crippen LogP contribution in [-0.4, -0.2) is 53.9 Å². The largest absolute Gasteiger partial charge is 0.435 e. The highest BCUT2D eigenvalue weighted by atomic mass is 32.2. The molecule has 2 N–H and O–H groups in total. The monoisotopic (exact) mass is 610 g/mol. The Bertz CT molecular complexity index is 1720.